The fourth-order valence-electron chi connectivity index (χ4n) is 2.25. The Morgan fingerprint density at radius 3 is 2.68 bits per heavy atom. The number of nitrogens with one attached hydrogen (secondary N) is 2. The molecule has 0 fully saturated rings. The molecule has 0 saturated heterocycles. The molecule has 2 N–H and O–H groups in total. The summed E-state index contributed by atoms with van der Waals surface area (Å²) in [6, 6.07) is 8.17. The molecule has 2 heterocycles. The van der Waals surface area contributed by atoms with Gasteiger partial charge in [-0.3, -0.25) is 0 Å². The number of ether oxygens (including phenoxy) is 1. The lowest BCUT2D eigenvalue weighted by molar-refractivity contribution is 0.232. The maximum atomic E-state index is 5.56. The molecule has 6 heteroatoms. The lowest BCUT2D eigenvalue weighted by Crippen LogP contribution is -2.39. The molecule has 1 atom stereocenters. The number of rotatable bonds is 8. The predicted molar refractivity (Wildman–Crippen MR) is 106 cm³/mol. The van der Waals surface area contributed by atoms with Crippen LogP contribution in [0.3, 0.4) is 0 Å². The SMILES string of the molecule is CCNC(=NCc1ccc(OC(C)C)nc1)NCC(C)c1cccs1. The first kappa shape index (κ1) is 19.2. The van der Waals surface area contributed by atoms with E-state index in [1.54, 1.807) is 11.3 Å². The van der Waals surface area contributed by atoms with Crippen molar-refractivity contribution in [3.05, 3.63) is 46.3 Å². The molecule has 0 saturated carbocycles. The summed E-state index contributed by atoms with van der Waals surface area (Å²) in [5.74, 6) is 1.93. The van der Waals surface area contributed by atoms with E-state index in [9.17, 15) is 0 Å². The molecule has 0 spiro atoms. The Hall–Kier alpha value is -2.08. The monoisotopic (exact) mass is 360 g/mol. The summed E-state index contributed by atoms with van der Waals surface area (Å²) < 4.78 is 5.56. The van der Waals surface area contributed by atoms with Gasteiger partial charge in [-0.2, -0.15) is 0 Å². The van der Waals surface area contributed by atoms with Crippen molar-refractivity contribution >= 4 is 17.3 Å². The molecule has 0 bridgehead atoms. The summed E-state index contributed by atoms with van der Waals surface area (Å²) in [5, 5.41) is 8.82. The fraction of sp³-hybridized carbons (Fsp3) is 0.474. The van der Waals surface area contributed by atoms with Crippen LogP contribution in [0.2, 0.25) is 0 Å². The average molecular weight is 361 g/mol. The number of pyridine rings is 1. The topological polar surface area (TPSA) is 58.5 Å². The van der Waals surface area contributed by atoms with Crippen molar-refractivity contribution in [1.82, 2.24) is 15.6 Å². The van der Waals surface area contributed by atoms with Crippen molar-refractivity contribution in [2.75, 3.05) is 13.1 Å². The van der Waals surface area contributed by atoms with Gasteiger partial charge in [-0.05, 0) is 37.8 Å². The molecule has 136 valence electrons. The highest BCUT2D eigenvalue weighted by Crippen LogP contribution is 2.19. The molecule has 5 nitrogen and oxygen atoms in total. The van der Waals surface area contributed by atoms with E-state index in [1.165, 1.54) is 4.88 Å². The van der Waals surface area contributed by atoms with Gasteiger partial charge in [0.1, 0.15) is 0 Å². The largest absolute Gasteiger partial charge is 0.475 e. The van der Waals surface area contributed by atoms with Gasteiger partial charge in [-0.25, -0.2) is 9.98 Å². The van der Waals surface area contributed by atoms with Crippen molar-refractivity contribution in [2.24, 2.45) is 4.99 Å². The molecule has 0 radical (unpaired) electrons. The van der Waals surface area contributed by atoms with Crippen molar-refractivity contribution in [3.8, 4) is 5.88 Å². The predicted octanol–water partition coefficient (Wildman–Crippen LogP) is 3.79. The van der Waals surface area contributed by atoms with Gasteiger partial charge in [0.2, 0.25) is 5.88 Å². The Labute approximate surface area is 154 Å². The molecule has 2 aromatic heterocycles. The first-order valence-corrected chi connectivity index (χ1v) is 9.63. The average Bonchev–Trinajstić information content (AvgIpc) is 3.12. The van der Waals surface area contributed by atoms with Gasteiger partial charge in [0.25, 0.3) is 0 Å². The number of aromatic nitrogens is 1. The quantitative estimate of drug-likeness (QED) is 0.555. The lowest BCUT2D eigenvalue weighted by atomic mass is 10.1. The van der Waals surface area contributed by atoms with E-state index in [-0.39, 0.29) is 6.10 Å². The second-order valence-electron chi connectivity index (χ2n) is 6.16. The molecule has 0 amide bonds. The van der Waals surface area contributed by atoms with Crippen LogP contribution in [-0.2, 0) is 6.54 Å². The number of guanidine groups is 1. The summed E-state index contributed by atoms with van der Waals surface area (Å²) in [5.41, 5.74) is 1.06. The second-order valence-corrected chi connectivity index (χ2v) is 7.14. The number of aliphatic imine (C=N–C) groups is 1. The number of hydrogen-bond donors (Lipinski definition) is 2. The van der Waals surface area contributed by atoms with E-state index < -0.39 is 0 Å². The van der Waals surface area contributed by atoms with Gasteiger partial charge in [-0.1, -0.05) is 19.1 Å². The van der Waals surface area contributed by atoms with Crippen LogP contribution in [0.5, 0.6) is 5.88 Å². The zero-order chi connectivity index (χ0) is 18.1. The van der Waals surface area contributed by atoms with E-state index in [1.807, 2.05) is 32.2 Å². The van der Waals surface area contributed by atoms with Crippen molar-refractivity contribution in [1.29, 1.82) is 0 Å². The number of hydrogen-bond acceptors (Lipinski definition) is 4. The molecular weight excluding hydrogens is 332 g/mol. The van der Waals surface area contributed by atoms with Crippen LogP contribution < -0.4 is 15.4 Å². The molecule has 2 aromatic rings. The number of thiophene rings is 1. The second kappa shape index (κ2) is 10.0. The van der Waals surface area contributed by atoms with E-state index in [2.05, 4.69) is 52.0 Å². The third-order valence-electron chi connectivity index (χ3n) is 3.52. The van der Waals surface area contributed by atoms with Crippen LogP contribution in [0.1, 0.15) is 44.1 Å². The van der Waals surface area contributed by atoms with Crippen molar-refractivity contribution in [2.45, 2.75) is 46.3 Å². The zero-order valence-electron chi connectivity index (χ0n) is 15.5. The van der Waals surface area contributed by atoms with E-state index >= 15 is 0 Å². The Kier molecular flexibility index (Phi) is 7.73. The molecule has 0 aromatic carbocycles. The summed E-state index contributed by atoms with van der Waals surface area (Å²) in [6.07, 6.45) is 1.95. The smallest absolute Gasteiger partial charge is 0.213 e. The van der Waals surface area contributed by atoms with Crippen LogP contribution in [-0.4, -0.2) is 30.1 Å². The molecule has 0 aliphatic carbocycles. The first-order chi connectivity index (χ1) is 12.1. The number of nitrogens with zero attached hydrogens (tertiary/aromatic N) is 2. The van der Waals surface area contributed by atoms with Gasteiger partial charge in [0.15, 0.2) is 5.96 Å². The van der Waals surface area contributed by atoms with Crippen LogP contribution in [0.25, 0.3) is 0 Å². The van der Waals surface area contributed by atoms with Crippen LogP contribution in [0.4, 0.5) is 0 Å². The molecule has 2 rings (SSSR count). The van der Waals surface area contributed by atoms with Gasteiger partial charge >= 0.3 is 0 Å². The summed E-state index contributed by atoms with van der Waals surface area (Å²) in [6.45, 7) is 10.5. The van der Waals surface area contributed by atoms with E-state index in [0.717, 1.165) is 24.6 Å². The third-order valence-corrected chi connectivity index (χ3v) is 4.63. The van der Waals surface area contributed by atoms with Crippen molar-refractivity contribution < 1.29 is 4.74 Å². The minimum Gasteiger partial charge on any atom is -0.475 e. The molecule has 25 heavy (non-hydrogen) atoms. The maximum absolute atomic E-state index is 5.56. The molecule has 0 aliphatic rings. The Morgan fingerprint density at radius 1 is 1.24 bits per heavy atom. The van der Waals surface area contributed by atoms with E-state index in [0.29, 0.717) is 18.3 Å². The summed E-state index contributed by atoms with van der Waals surface area (Å²) >= 11 is 1.79. The highest BCUT2D eigenvalue weighted by molar-refractivity contribution is 7.10. The molecule has 0 aliphatic heterocycles. The van der Waals surface area contributed by atoms with Crippen molar-refractivity contribution in [3.63, 3.8) is 0 Å². The highest BCUT2D eigenvalue weighted by Gasteiger charge is 2.07. The third kappa shape index (κ3) is 6.74. The van der Waals surface area contributed by atoms with E-state index in [4.69, 9.17) is 4.74 Å². The fourth-order valence-corrected chi connectivity index (χ4v) is 3.04. The Balaban J connectivity index is 1.90. The highest BCUT2D eigenvalue weighted by atomic mass is 32.1. The normalized spacial score (nSPS) is 12.9. The van der Waals surface area contributed by atoms with Gasteiger partial charge in [0.05, 0.1) is 12.6 Å². The van der Waals surface area contributed by atoms with Gasteiger partial charge in [0, 0.05) is 36.1 Å². The zero-order valence-corrected chi connectivity index (χ0v) is 16.3. The lowest BCUT2D eigenvalue weighted by Gasteiger charge is -2.15. The molecular formula is C19H28N4OS. The summed E-state index contributed by atoms with van der Waals surface area (Å²) in [7, 11) is 0. The molecule has 1 unspecified atom stereocenters. The minimum absolute atomic E-state index is 0.131. The van der Waals surface area contributed by atoms with Gasteiger partial charge < -0.3 is 15.4 Å². The summed E-state index contributed by atoms with van der Waals surface area (Å²) in [4.78, 5) is 10.3. The maximum Gasteiger partial charge on any atom is 0.213 e. The Morgan fingerprint density at radius 2 is 2.08 bits per heavy atom. The van der Waals surface area contributed by atoms with Crippen LogP contribution in [0.15, 0.2) is 40.8 Å². The Bertz CT molecular complexity index is 638. The van der Waals surface area contributed by atoms with Crippen LogP contribution >= 0.6 is 11.3 Å². The minimum atomic E-state index is 0.131. The van der Waals surface area contributed by atoms with Gasteiger partial charge in [-0.15, -0.1) is 11.3 Å². The van der Waals surface area contributed by atoms with Crippen LogP contribution in [0, 0.1) is 0 Å². The first-order valence-electron chi connectivity index (χ1n) is 8.75. The standard InChI is InChI=1S/C19H28N4OS/c1-5-20-19(22-11-15(4)17-7-6-10-25-17)23-13-16-8-9-18(21-12-16)24-14(2)3/h6-10,12,14-15H,5,11,13H2,1-4H3,(H2,20,22,23).